The lowest BCUT2D eigenvalue weighted by Gasteiger charge is -2.46. The van der Waals surface area contributed by atoms with Gasteiger partial charge in [0.1, 0.15) is 17.9 Å². The van der Waals surface area contributed by atoms with Gasteiger partial charge in [-0.25, -0.2) is 14.4 Å². The van der Waals surface area contributed by atoms with Crippen LogP contribution in [0.4, 0.5) is 10.2 Å². The first-order valence-electron chi connectivity index (χ1n) is 13.6. The van der Waals surface area contributed by atoms with E-state index in [4.69, 9.17) is 4.74 Å². The van der Waals surface area contributed by atoms with Crippen molar-refractivity contribution in [2.75, 3.05) is 43.4 Å². The molecule has 1 N–H and O–H groups in total. The Balaban J connectivity index is 1.13. The second kappa shape index (κ2) is 12.1. The first-order chi connectivity index (χ1) is 18.1. The SMILES string of the molecule is CCSNC1CCC2(CC1)CCN(CC1CCN(c3ncncc3Oc3ccc(F)cc3C=O)C1)CC2. The minimum absolute atomic E-state index is 0.168. The molecule has 1 aromatic heterocycles. The second-order valence-corrected chi connectivity index (χ2v) is 11.9. The minimum Gasteiger partial charge on any atom is -0.451 e. The van der Waals surface area contributed by atoms with E-state index in [-0.39, 0.29) is 5.56 Å². The van der Waals surface area contributed by atoms with Crippen LogP contribution in [0.1, 0.15) is 62.2 Å². The van der Waals surface area contributed by atoms with Crippen molar-refractivity contribution >= 4 is 24.1 Å². The van der Waals surface area contributed by atoms with Gasteiger partial charge >= 0.3 is 0 Å². The maximum absolute atomic E-state index is 13.5. The first-order valence-corrected chi connectivity index (χ1v) is 14.6. The lowest BCUT2D eigenvalue weighted by atomic mass is 9.67. The number of hydrogen-bond acceptors (Lipinski definition) is 8. The molecule has 1 aromatic carbocycles. The van der Waals surface area contributed by atoms with Gasteiger partial charge in [-0.15, -0.1) is 0 Å². The van der Waals surface area contributed by atoms with Gasteiger partial charge in [0.25, 0.3) is 0 Å². The van der Waals surface area contributed by atoms with E-state index in [9.17, 15) is 9.18 Å². The van der Waals surface area contributed by atoms with E-state index in [1.54, 1.807) is 6.20 Å². The molecule has 7 nitrogen and oxygen atoms in total. The second-order valence-electron chi connectivity index (χ2n) is 10.8. The highest BCUT2D eigenvalue weighted by molar-refractivity contribution is 7.97. The summed E-state index contributed by atoms with van der Waals surface area (Å²) in [6.07, 6.45) is 12.9. The third-order valence-electron chi connectivity index (χ3n) is 8.44. The third kappa shape index (κ3) is 6.44. The minimum atomic E-state index is -0.472. The first kappa shape index (κ1) is 26.4. The molecule has 3 fully saturated rings. The van der Waals surface area contributed by atoms with Gasteiger partial charge < -0.3 is 14.5 Å². The molecule has 1 aliphatic carbocycles. The lowest BCUT2D eigenvalue weighted by molar-refractivity contribution is 0.0554. The van der Waals surface area contributed by atoms with Crippen LogP contribution >= 0.6 is 11.9 Å². The zero-order valence-electron chi connectivity index (χ0n) is 21.7. The fourth-order valence-corrected chi connectivity index (χ4v) is 6.88. The quantitative estimate of drug-likeness (QED) is 0.347. The number of rotatable bonds is 9. The Kier molecular flexibility index (Phi) is 8.62. The highest BCUT2D eigenvalue weighted by Gasteiger charge is 2.38. The number of carbonyl (C=O) groups is 1. The predicted octanol–water partition coefficient (Wildman–Crippen LogP) is 5.33. The molecule has 2 aliphatic heterocycles. The number of piperidine rings is 1. The Morgan fingerprint density at radius 1 is 1.16 bits per heavy atom. The van der Waals surface area contributed by atoms with E-state index in [1.165, 1.54) is 76.1 Å². The zero-order valence-corrected chi connectivity index (χ0v) is 22.5. The molecule has 5 rings (SSSR count). The summed E-state index contributed by atoms with van der Waals surface area (Å²) in [5.74, 6) is 2.76. The lowest BCUT2D eigenvalue weighted by Crippen LogP contribution is -2.45. The van der Waals surface area contributed by atoms with Gasteiger partial charge in [-0.2, -0.15) is 0 Å². The van der Waals surface area contributed by atoms with Crippen molar-refractivity contribution in [1.82, 2.24) is 19.6 Å². The van der Waals surface area contributed by atoms with E-state index >= 15 is 0 Å². The summed E-state index contributed by atoms with van der Waals surface area (Å²) in [5, 5.41) is 0. The number of likely N-dealkylation sites (tertiary alicyclic amines) is 1. The molecule has 3 heterocycles. The number of aldehydes is 1. The van der Waals surface area contributed by atoms with Crippen molar-refractivity contribution in [1.29, 1.82) is 0 Å². The fraction of sp³-hybridized carbons (Fsp3) is 0.607. The smallest absolute Gasteiger partial charge is 0.188 e. The molecular formula is C28H38FN5O2S. The van der Waals surface area contributed by atoms with Crippen LogP contribution in [0.5, 0.6) is 11.5 Å². The van der Waals surface area contributed by atoms with Crippen LogP contribution in [-0.4, -0.2) is 65.7 Å². The van der Waals surface area contributed by atoms with Crippen molar-refractivity contribution in [2.45, 2.75) is 57.9 Å². The maximum Gasteiger partial charge on any atom is 0.188 e. The van der Waals surface area contributed by atoms with Crippen molar-refractivity contribution in [3.8, 4) is 11.5 Å². The van der Waals surface area contributed by atoms with Gasteiger partial charge in [0.05, 0.1) is 11.8 Å². The Bertz CT molecular complexity index is 1050. The van der Waals surface area contributed by atoms with Crippen molar-refractivity contribution < 1.29 is 13.9 Å². The monoisotopic (exact) mass is 527 g/mol. The number of hydrogen-bond donors (Lipinski definition) is 1. The van der Waals surface area contributed by atoms with Crippen LogP contribution in [0.3, 0.4) is 0 Å². The van der Waals surface area contributed by atoms with Crippen LogP contribution < -0.4 is 14.4 Å². The number of halogens is 1. The summed E-state index contributed by atoms with van der Waals surface area (Å²) < 4.78 is 23.2. The summed E-state index contributed by atoms with van der Waals surface area (Å²) >= 11 is 1.86. The van der Waals surface area contributed by atoms with E-state index in [0.29, 0.717) is 35.2 Å². The summed E-state index contributed by atoms with van der Waals surface area (Å²) in [5.41, 5.74) is 0.739. The van der Waals surface area contributed by atoms with Gasteiger partial charge in [0.2, 0.25) is 0 Å². The third-order valence-corrected chi connectivity index (χ3v) is 9.23. The van der Waals surface area contributed by atoms with E-state index in [2.05, 4.69) is 31.4 Å². The molecular weight excluding hydrogens is 489 g/mol. The standard InChI is InChI=1S/C28H38FN5O2S/c1-2-37-32-24-5-8-28(9-6-24)10-13-33(14-11-28)17-21-7-12-34(18-21)27-26(16-30-20-31-27)36-25-4-3-23(29)15-22(25)19-35/h3-4,15-16,19-21,24,32H,2,5-14,17-18H2,1H3. The number of aromatic nitrogens is 2. The molecule has 0 amide bonds. The Morgan fingerprint density at radius 2 is 1.97 bits per heavy atom. The van der Waals surface area contributed by atoms with Gasteiger partial charge in [-0.05, 0) is 87.6 Å². The molecule has 1 saturated carbocycles. The topological polar surface area (TPSA) is 70.6 Å². The zero-order chi connectivity index (χ0) is 25.7. The number of anilines is 1. The molecule has 37 heavy (non-hydrogen) atoms. The van der Waals surface area contributed by atoms with Crippen molar-refractivity contribution in [3.05, 3.63) is 42.1 Å². The molecule has 9 heteroatoms. The Hall–Kier alpha value is -2.23. The molecule has 1 atom stereocenters. The van der Waals surface area contributed by atoms with Gasteiger partial charge in [-0.3, -0.25) is 9.52 Å². The molecule has 2 aromatic rings. The number of nitrogens with zero attached hydrogens (tertiary/aromatic N) is 4. The average molecular weight is 528 g/mol. The molecule has 0 radical (unpaired) electrons. The van der Waals surface area contributed by atoms with Crippen LogP contribution in [0.2, 0.25) is 0 Å². The van der Waals surface area contributed by atoms with Gasteiger partial charge in [-0.1, -0.05) is 18.9 Å². The Morgan fingerprint density at radius 3 is 2.73 bits per heavy atom. The van der Waals surface area contributed by atoms with E-state index in [1.807, 2.05) is 11.9 Å². The summed E-state index contributed by atoms with van der Waals surface area (Å²) in [6.45, 7) is 7.57. The highest BCUT2D eigenvalue weighted by Crippen LogP contribution is 2.45. The summed E-state index contributed by atoms with van der Waals surface area (Å²) in [4.78, 5) is 24.9. The Labute approximate surface area is 223 Å². The molecule has 200 valence electrons. The molecule has 1 unspecified atom stereocenters. The van der Waals surface area contributed by atoms with Gasteiger partial charge in [0.15, 0.2) is 17.9 Å². The molecule has 3 aliphatic rings. The van der Waals surface area contributed by atoms with E-state index in [0.717, 1.165) is 37.6 Å². The van der Waals surface area contributed by atoms with E-state index < -0.39 is 5.82 Å². The fourth-order valence-electron chi connectivity index (χ4n) is 6.24. The largest absolute Gasteiger partial charge is 0.451 e. The van der Waals surface area contributed by atoms with Crippen molar-refractivity contribution in [3.63, 3.8) is 0 Å². The highest BCUT2D eigenvalue weighted by atomic mass is 32.2. The van der Waals surface area contributed by atoms with Crippen LogP contribution in [-0.2, 0) is 0 Å². The summed E-state index contributed by atoms with van der Waals surface area (Å²) in [7, 11) is 0. The number of carbonyl (C=O) groups excluding carboxylic acids is 1. The normalized spacial score (nSPS) is 22.4. The number of benzene rings is 1. The number of ether oxygens (including phenoxy) is 1. The van der Waals surface area contributed by atoms with Crippen molar-refractivity contribution in [2.24, 2.45) is 11.3 Å². The predicted molar refractivity (Wildman–Crippen MR) is 146 cm³/mol. The average Bonchev–Trinajstić information content (AvgIpc) is 3.39. The van der Waals surface area contributed by atoms with Crippen LogP contribution in [0.25, 0.3) is 0 Å². The van der Waals surface area contributed by atoms with Gasteiger partial charge in [0, 0.05) is 31.4 Å². The molecule has 2 saturated heterocycles. The number of nitrogens with one attached hydrogen (secondary N) is 1. The maximum atomic E-state index is 13.5. The molecule has 0 bridgehead atoms. The molecule has 1 spiro atoms. The van der Waals surface area contributed by atoms with Crippen LogP contribution in [0.15, 0.2) is 30.7 Å². The van der Waals surface area contributed by atoms with Crippen LogP contribution in [0, 0.1) is 17.2 Å². The summed E-state index contributed by atoms with van der Waals surface area (Å²) in [6, 6.07) is 4.63.